The molecule has 6 heteroatoms. The predicted molar refractivity (Wildman–Crippen MR) is 112 cm³/mol. The van der Waals surface area contributed by atoms with Gasteiger partial charge in [-0.15, -0.1) is 0 Å². The molecule has 1 N–H and O–H groups in total. The molecule has 1 fully saturated rings. The number of amides is 1. The van der Waals surface area contributed by atoms with Crippen molar-refractivity contribution >= 4 is 21.6 Å². The van der Waals surface area contributed by atoms with Crippen LogP contribution in [0.15, 0.2) is 47.4 Å². The topological polar surface area (TPSA) is 66.5 Å². The number of hydrogen-bond acceptors (Lipinski definition) is 3. The lowest BCUT2D eigenvalue weighted by Crippen LogP contribution is -2.35. The average molecular weight is 401 g/mol. The first-order chi connectivity index (χ1) is 13.4. The molecule has 150 valence electrons. The number of nitrogens with one attached hydrogen (secondary N) is 1. The van der Waals surface area contributed by atoms with Crippen LogP contribution in [0.3, 0.4) is 0 Å². The van der Waals surface area contributed by atoms with Crippen LogP contribution in [0.5, 0.6) is 0 Å². The van der Waals surface area contributed by atoms with Crippen molar-refractivity contribution in [2.75, 3.05) is 18.4 Å². The van der Waals surface area contributed by atoms with E-state index in [1.807, 2.05) is 44.2 Å². The molecule has 0 bridgehead atoms. The minimum absolute atomic E-state index is 0.0429. The van der Waals surface area contributed by atoms with Gasteiger partial charge in [0.15, 0.2) is 0 Å². The van der Waals surface area contributed by atoms with Crippen LogP contribution in [-0.4, -0.2) is 31.7 Å². The molecular weight excluding hydrogens is 372 g/mol. The molecule has 0 unspecified atom stereocenters. The maximum absolute atomic E-state index is 12.7. The van der Waals surface area contributed by atoms with Crippen molar-refractivity contribution in [2.24, 2.45) is 0 Å². The zero-order valence-electron chi connectivity index (χ0n) is 16.6. The van der Waals surface area contributed by atoms with Crippen LogP contribution < -0.4 is 5.32 Å². The predicted octanol–water partition coefficient (Wildman–Crippen LogP) is 4.05. The molecule has 1 saturated heterocycles. The van der Waals surface area contributed by atoms with Gasteiger partial charge in [0, 0.05) is 25.2 Å². The second kappa shape index (κ2) is 8.88. The number of aryl methyl sites for hydroxylation is 2. The Kier molecular flexibility index (Phi) is 6.52. The minimum atomic E-state index is -3.41. The lowest BCUT2D eigenvalue weighted by molar-refractivity contribution is -0.116. The molecule has 0 spiro atoms. The standard InChI is InChI=1S/C22H28N2O3S/c1-17-7-6-8-21(18(17)2)23-22(25)14-11-19-9-12-20(13-10-19)28(26,27)24-15-4-3-5-16-24/h6-10,12-13H,3-5,11,14-16H2,1-2H3,(H,23,25). The summed E-state index contributed by atoms with van der Waals surface area (Å²) in [5.74, 6) is -0.0429. The number of rotatable bonds is 6. The van der Waals surface area contributed by atoms with Crippen LogP contribution in [0.2, 0.25) is 0 Å². The average Bonchev–Trinajstić information content (AvgIpc) is 2.71. The van der Waals surface area contributed by atoms with E-state index in [1.54, 1.807) is 16.4 Å². The molecule has 0 aliphatic carbocycles. The Morgan fingerprint density at radius 3 is 2.36 bits per heavy atom. The molecule has 3 rings (SSSR count). The molecular formula is C22H28N2O3S. The number of anilines is 1. The number of piperidine rings is 1. The molecule has 0 saturated carbocycles. The Bertz CT molecular complexity index is 931. The second-order valence-electron chi connectivity index (χ2n) is 7.40. The molecule has 2 aromatic carbocycles. The van der Waals surface area contributed by atoms with Gasteiger partial charge in [-0.25, -0.2) is 8.42 Å². The molecule has 1 heterocycles. The summed E-state index contributed by atoms with van der Waals surface area (Å²) >= 11 is 0. The van der Waals surface area contributed by atoms with E-state index in [-0.39, 0.29) is 5.91 Å². The maximum Gasteiger partial charge on any atom is 0.243 e. The van der Waals surface area contributed by atoms with Crippen molar-refractivity contribution in [1.82, 2.24) is 4.31 Å². The van der Waals surface area contributed by atoms with Crippen LogP contribution in [-0.2, 0) is 21.2 Å². The highest BCUT2D eigenvalue weighted by Crippen LogP contribution is 2.22. The molecule has 28 heavy (non-hydrogen) atoms. The van der Waals surface area contributed by atoms with Crippen molar-refractivity contribution in [3.05, 3.63) is 59.2 Å². The highest BCUT2D eigenvalue weighted by molar-refractivity contribution is 7.89. The van der Waals surface area contributed by atoms with Gasteiger partial charge in [0.1, 0.15) is 0 Å². The van der Waals surface area contributed by atoms with E-state index in [2.05, 4.69) is 5.32 Å². The first kappa shape index (κ1) is 20.6. The summed E-state index contributed by atoms with van der Waals surface area (Å²) < 4.78 is 27.0. The summed E-state index contributed by atoms with van der Waals surface area (Å²) in [7, 11) is -3.41. The van der Waals surface area contributed by atoms with Crippen molar-refractivity contribution in [1.29, 1.82) is 0 Å². The van der Waals surface area contributed by atoms with Crippen LogP contribution in [0.4, 0.5) is 5.69 Å². The summed E-state index contributed by atoms with van der Waals surface area (Å²) in [4.78, 5) is 12.6. The highest BCUT2D eigenvalue weighted by atomic mass is 32.2. The van der Waals surface area contributed by atoms with Gasteiger partial charge in [-0.05, 0) is 68.0 Å². The van der Waals surface area contributed by atoms with E-state index < -0.39 is 10.0 Å². The van der Waals surface area contributed by atoms with Crippen LogP contribution in [0, 0.1) is 13.8 Å². The van der Waals surface area contributed by atoms with Gasteiger partial charge in [-0.2, -0.15) is 4.31 Å². The smallest absolute Gasteiger partial charge is 0.243 e. The van der Waals surface area contributed by atoms with Crippen molar-refractivity contribution in [2.45, 2.75) is 50.8 Å². The molecule has 1 amide bonds. The fourth-order valence-corrected chi connectivity index (χ4v) is 4.96. The van der Waals surface area contributed by atoms with Gasteiger partial charge in [0.2, 0.25) is 15.9 Å². The van der Waals surface area contributed by atoms with Gasteiger partial charge in [-0.3, -0.25) is 4.79 Å². The summed E-state index contributed by atoms with van der Waals surface area (Å²) in [6.45, 7) is 5.21. The minimum Gasteiger partial charge on any atom is -0.326 e. The summed E-state index contributed by atoms with van der Waals surface area (Å²) in [5, 5.41) is 2.96. The van der Waals surface area contributed by atoms with Gasteiger partial charge >= 0.3 is 0 Å². The summed E-state index contributed by atoms with van der Waals surface area (Å²) in [6.07, 6.45) is 3.86. The van der Waals surface area contributed by atoms with E-state index in [0.717, 1.165) is 41.6 Å². The van der Waals surface area contributed by atoms with E-state index in [0.29, 0.717) is 30.8 Å². The Hall–Kier alpha value is -2.18. The van der Waals surface area contributed by atoms with Gasteiger partial charge < -0.3 is 5.32 Å². The number of sulfonamides is 1. The monoisotopic (exact) mass is 400 g/mol. The third-order valence-corrected chi connectivity index (χ3v) is 7.31. The van der Waals surface area contributed by atoms with Crippen molar-refractivity contribution in [3.63, 3.8) is 0 Å². The molecule has 1 aliphatic heterocycles. The zero-order chi connectivity index (χ0) is 20.1. The molecule has 0 aromatic heterocycles. The van der Waals surface area contributed by atoms with E-state index in [4.69, 9.17) is 0 Å². The molecule has 0 radical (unpaired) electrons. The number of nitrogens with zero attached hydrogens (tertiary/aromatic N) is 1. The SMILES string of the molecule is Cc1cccc(NC(=O)CCc2ccc(S(=O)(=O)N3CCCCC3)cc2)c1C. The Morgan fingerprint density at radius 2 is 1.68 bits per heavy atom. The lowest BCUT2D eigenvalue weighted by Gasteiger charge is -2.25. The van der Waals surface area contributed by atoms with Crippen LogP contribution in [0.25, 0.3) is 0 Å². The molecule has 1 aliphatic rings. The first-order valence-electron chi connectivity index (χ1n) is 9.83. The summed E-state index contributed by atoms with van der Waals surface area (Å²) in [5.41, 5.74) is 4.01. The van der Waals surface area contributed by atoms with Crippen LogP contribution >= 0.6 is 0 Å². The largest absolute Gasteiger partial charge is 0.326 e. The van der Waals surface area contributed by atoms with Gasteiger partial charge in [-0.1, -0.05) is 30.7 Å². The van der Waals surface area contributed by atoms with Gasteiger partial charge in [0.05, 0.1) is 4.90 Å². The van der Waals surface area contributed by atoms with Gasteiger partial charge in [0.25, 0.3) is 0 Å². The Balaban J connectivity index is 1.58. The third kappa shape index (κ3) is 4.80. The number of benzene rings is 2. The molecule has 0 atom stereocenters. The Labute approximate surface area is 167 Å². The lowest BCUT2D eigenvalue weighted by atomic mass is 10.1. The number of carbonyl (C=O) groups is 1. The quantitative estimate of drug-likeness (QED) is 0.795. The van der Waals surface area contributed by atoms with E-state index in [9.17, 15) is 13.2 Å². The molecule has 2 aromatic rings. The summed E-state index contributed by atoms with van der Waals surface area (Å²) in [6, 6.07) is 12.8. The van der Waals surface area contributed by atoms with E-state index >= 15 is 0 Å². The van der Waals surface area contributed by atoms with Crippen LogP contribution in [0.1, 0.15) is 42.4 Å². The highest BCUT2D eigenvalue weighted by Gasteiger charge is 2.25. The number of carbonyl (C=O) groups excluding carboxylic acids is 1. The molecule has 5 nitrogen and oxygen atoms in total. The third-order valence-electron chi connectivity index (χ3n) is 5.40. The van der Waals surface area contributed by atoms with Crippen molar-refractivity contribution in [3.8, 4) is 0 Å². The normalized spacial score (nSPS) is 15.4. The zero-order valence-corrected chi connectivity index (χ0v) is 17.4. The number of hydrogen-bond donors (Lipinski definition) is 1. The fourth-order valence-electron chi connectivity index (χ4n) is 3.44. The maximum atomic E-state index is 12.7. The fraction of sp³-hybridized carbons (Fsp3) is 0.409. The Morgan fingerprint density at radius 1 is 1.00 bits per heavy atom. The van der Waals surface area contributed by atoms with Crippen molar-refractivity contribution < 1.29 is 13.2 Å². The van der Waals surface area contributed by atoms with E-state index in [1.165, 1.54) is 0 Å². The first-order valence-corrected chi connectivity index (χ1v) is 11.3. The second-order valence-corrected chi connectivity index (χ2v) is 9.34.